The van der Waals surface area contributed by atoms with Gasteiger partial charge in [0, 0.05) is 28.8 Å². The molecule has 23 heavy (non-hydrogen) atoms. The van der Waals surface area contributed by atoms with E-state index in [-0.39, 0.29) is 5.91 Å². The highest BCUT2D eigenvalue weighted by Crippen LogP contribution is 2.23. The number of halogens is 1. The number of aromatic nitrogens is 2. The molecule has 0 atom stereocenters. The molecule has 2 aromatic heterocycles. The number of carbonyl (C=O) groups excluding carboxylic acids is 1. The van der Waals surface area contributed by atoms with Gasteiger partial charge in [0.25, 0.3) is 5.91 Å². The Balaban J connectivity index is 1.78. The average molecular weight is 346 g/mol. The molecule has 118 valence electrons. The molecule has 0 saturated heterocycles. The predicted molar refractivity (Wildman–Crippen MR) is 93.4 cm³/mol. The van der Waals surface area contributed by atoms with E-state index in [4.69, 9.17) is 11.6 Å². The second-order valence-corrected chi connectivity index (χ2v) is 6.46. The summed E-state index contributed by atoms with van der Waals surface area (Å²) >= 11 is 7.65. The number of thiazole rings is 1. The van der Waals surface area contributed by atoms with Crippen LogP contribution in [0.2, 0.25) is 5.02 Å². The molecule has 1 amide bonds. The summed E-state index contributed by atoms with van der Waals surface area (Å²) in [5, 5.41) is 4.35. The van der Waals surface area contributed by atoms with Crippen LogP contribution < -0.4 is 5.32 Å². The van der Waals surface area contributed by atoms with Gasteiger partial charge in [0.15, 0.2) is 5.13 Å². The van der Waals surface area contributed by atoms with Crippen molar-refractivity contribution in [1.29, 1.82) is 0 Å². The fourth-order valence-corrected chi connectivity index (χ4v) is 3.40. The van der Waals surface area contributed by atoms with Gasteiger partial charge in [-0.15, -0.1) is 11.3 Å². The number of carbonyl (C=O) groups is 1. The summed E-state index contributed by atoms with van der Waals surface area (Å²) in [6.07, 6.45) is 4.61. The predicted octanol–water partition coefficient (Wildman–Crippen LogP) is 4.08. The van der Waals surface area contributed by atoms with E-state index >= 15 is 0 Å². The number of benzene rings is 1. The standard InChI is InChI=1S/C17H16ClN3OS/c1-2-14-15(20-17(23-14)21-9-5-6-10-21)16(22)19-11-12-7-3-4-8-13(12)18/h3-10H,2,11H2,1H3,(H,19,22). The van der Waals surface area contributed by atoms with Gasteiger partial charge in [-0.25, -0.2) is 4.98 Å². The first kappa shape index (κ1) is 15.8. The maximum absolute atomic E-state index is 12.5. The fraction of sp³-hybridized carbons (Fsp3) is 0.176. The number of nitrogens with one attached hydrogen (secondary N) is 1. The Morgan fingerprint density at radius 2 is 2.00 bits per heavy atom. The highest BCUT2D eigenvalue weighted by Gasteiger charge is 2.17. The van der Waals surface area contributed by atoms with Crippen molar-refractivity contribution in [2.24, 2.45) is 0 Å². The van der Waals surface area contributed by atoms with Gasteiger partial charge in [-0.3, -0.25) is 4.79 Å². The molecule has 1 aromatic carbocycles. The lowest BCUT2D eigenvalue weighted by molar-refractivity contribution is 0.0945. The summed E-state index contributed by atoms with van der Waals surface area (Å²) in [4.78, 5) is 17.9. The van der Waals surface area contributed by atoms with Gasteiger partial charge in [-0.1, -0.05) is 36.7 Å². The minimum Gasteiger partial charge on any atom is -0.347 e. The van der Waals surface area contributed by atoms with Crippen LogP contribution in [0.4, 0.5) is 0 Å². The van der Waals surface area contributed by atoms with Crippen molar-refractivity contribution in [3.8, 4) is 5.13 Å². The van der Waals surface area contributed by atoms with Crippen LogP contribution in [0.25, 0.3) is 5.13 Å². The van der Waals surface area contributed by atoms with Crippen molar-refractivity contribution in [3.63, 3.8) is 0 Å². The third-order valence-electron chi connectivity index (χ3n) is 3.44. The zero-order valence-corrected chi connectivity index (χ0v) is 14.2. The fourth-order valence-electron chi connectivity index (χ4n) is 2.23. The molecule has 0 spiro atoms. The van der Waals surface area contributed by atoms with Crippen LogP contribution in [0.15, 0.2) is 48.8 Å². The Morgan fingerprint density at radius 3 is 2.70 bits per heavy atom. The van der Waals surface area contributed by atoms with E-state index in [2.05, 4.69) is 10.3 Å². The molecule has 0 fully saturated rings. The number of aryl methyl sites for hydroxylation is 1. The molecule has 0 saturated carbocycles. The Morgan fingerprint density at radius 1 is 1.26 bits per heavy atom. The topological polar surface area (TPSA) is 46.9 Å². The smallest absolute Gasteiger partial charge is 0.271 e. The lowest BCUT2D eigenvalue weighted by Gasteiger charge is -2.06. The van der Waals surface area contributed by atoms with Gasteiger partial charge < -0.3 is 9.88 Å². The zero-order valence-electron chi connectivity index (χ0n) is 12.6. The van der Waals surface area contributed by atoms with Crippen LogP contribution >= 0.6 is 22.9 Å². The van der Waals surface area contributed by atoms with Gasteiger partial charge in [0.05, 0.1) is 0 Å². The van der Waals surface area contributed by atoms with Crippen molar-refractivity contribution < 1.29 is 4.79 Å². The minimum absolute atomic E-state index is 0.170. The summed E-state index contributed by atoms with van der Waals surface area (Å²) in [6, 6.07) is 11.3. The Kier molecular flexibility index (Phi) is 4.79. The van der Waals surface area contributed by atoms with E-state index in [1.165, 1.54) is 11.3 Å². The summed E-state index contributed by atoms with van der Waals surface area (Å²) in [5.74, 6) is -0.170. The van der Waals surface area contributed by atoms with E-state index in [0.29, 0.717) is 17.3 Å². The van der Waals surface area contributed by atoms with E-state index in [9.17, 15) is 4.79 Å². The molecular weight excluding hydrogens is 330 g/mol. The average Bonchev–Trinajstić information content (AvgIpc) is 3.22. The van der Waals surface area contributed by atoms with E-state index in [1.54, 1.807) is 0 Å². The van der Waals surface area contributed by atoms with Crippen LogP contribution in [0.1, 0.15) is 27.9 Å². The third kappa shape index (κ3) is 3.46. The van der Waals surface area contributed by atoms with E-state index < -0.39 is 0 Å². The molecule has 0 bridgehead atoms. The van der Waals surface area contributed by atoms with Crippen molar-refractivity contribution in [2.45, 2.75) is 19.9 Å². The molecule has 0 aliphatic heterocycles. The summed E-state index contributed by atoms with van der Waals surface area (Å²) in [7, 11) is 0. The van der Waals surface area contributed by atoms with Crippen molar-refractivity contribution in [3.05, 3.63) is 69.9 Å². The first-order valence-electron chi connectivity index (χ1n) is 7.33. The van der Waals surface area contributed by atoms with Gasteiger partial charge in [0.2, 0.25) is 0 Å². The molecule has 1 N–H and O–H groups in total. The maximum Gasteiger partial charge on any atom is 0.271 e. The molecule has 6 heteroatoms. The maximum atomic E-state index is 12.5. The number of hydrogen-bond donors (Lipinski definition) is 1. The molecule has 4 nitrogen and oxygen atoms in total. The molecule has 0 unspecified atom stereocenters. The van der Waals surface area contributed by atoms with Crippen molar-refractivity contribution in [1.82, 2.24) is 14.9 Å². The van der Waals surface area contributed by atoms with Crippen LogP contribution in [0.5, 0.6) is 0 Å². The monoisotopic (exact) mass is 345 g/mol. The first-order chi connectivity index (χ1) is 11.2. The minimum atomic E-state index is -0.170. The molecule has 2 heterocycles. The third-order valence-corrected chi connectivity index (χ3v) is 5.03. The van der Waals surface area contributed by atoms with Gasteiger partial charge >= 0.3 is 0 Å². The highest BCUT2D eigenvalue weighted by molar-refractivity contribution is 7.14. The van der Waals surface area contributed by atoms with Crippen LogP contribution in [-0.4, -0.2) is 15.5 Å². The Bertz CT molecular complexity index is 811. The molecule has 0 radical (unpaired) electrons. The van der Waals surface area contributed by atoms with E-state index in [1.807, 2.05) is 60.3 Å². The summed E-state index contributed by atoms with van der Waals surface area (Å²) < 4.78 is 1.91. The molecular formula is C17H16ClN3OS. The van der Waals surface area contributed by atoms with Gasteiger partial charge in [0.1, 0.15) is 5.69 Å². The molecule has 0 aliphatic rings. The number of hydrogen-bond acceptors (Lipinski definition) is 3. The summed E-state index contributed by atoms with van der Waals surface area (Å²) in [5.41, 5.74) is 1.38. The van der Waals surface area contributed by atoms with Crippen LogP contribution in [0, 0.1) is 0 Å². The van der Waals surface area contributed by atoms with E-state index in [0.717, 1.165) is 22.0 Å². The molecule has 0 aliphatic carbocycles. The number of amides is 1. The molecule has 3 aromatic rings. The van der Waals surface area contributed by atoms with Crippen molar-refractivity contribution >= 4 is 28.8 Å². The molecule has 3 rings (SSSR count). The summed E-state index contributed by atoms with van der Waals surface area (Å²) in [6.45, 7) is 2.41. The second kappa shape index (κ2) is 6.98. The second-order valence-electron chi connectivity index (χ2n) is 4.99. The number of rotatable bonds is 5. The van der Waals surface area contributed by atoms with Gasteiger partial charge in [-0.2, -0.15) is 0 Å². The normalized spacial score (nSPS) is 10.7. The van der Waals surface area contributed by atoms with Crippen LogP contribution in [-0.2, 0) is 13.0 Å². The quantitative estimate of drug-likeness (QED) is 0.757. The lowest BCUT2D eigenvalue weighted by Crippen LogP contribution is -2.24. The SMILES string of the molecule is CCc1sc(-n2cccc2)nc1C(=O)NCc1ccccc1Cl. The number of nitrogens with zero attached hydrogens (tertiary/aromatic N) is 2. The Labute approximate surface area is 143 Å². The van der Waals surface area contributed by atoms with Gasteiger partial charge in [-0.05, 0) is 30.2 Å². The van der Waals surface area contributed by atoms with Crippen molar-refractivity contribution in [2.75, 3.05) is 0 Å². The zero-order chi connectivity index (χ0) is 16.2. The largest absolute Gasteiger partial charge is 0.347 e. The van der Waals surface area contributed by atoms with Crippen LogP contribution in [0.3, 0.4) is 0 Å². The lowest BCUT2D eigenvalue weighted by atomic mass is 10.2. The highest BCUT2D eigenvalue weighted by atomic mass is 35.5. The Hall–Kier alpha value is -2.11. The first-order valence-corrected chi connectivity index (χ1v) is 8.53.